The van der Waals surface area contributed by atoms with Crippen LogP contribution in [0.3, 0.4) is 0 Å². The van der Waals surface area contributed by atoms with Crippen LogP contribution in [0.4, 0.5) is 0 Å². The second-order valence-corrected chi connectivity index (χ2v) is 4.80. The summed E-state index contributed by atoms with van der Waals surface area (Å²) in [6.07, 6.45) is 3.97. The molecule has 1 fully saturated rings. The summed E-state index contributed by atoms with van der Waals surface area (Å²) in [7, 11) is 0. The Morgan fingerprint density at radius 1 is 1.50 bits per heavy atom. The number of hydrogen-bond donors (Lipinski definition) is 2. The fraction of sp³-hybridized carbons (Fsp3) is 0.571. The van der Waals surface area contributed by atoms with Crippen molar-refractivity contribution in [3.8, 4) is 0 Å². The van der Waals surface area contributed by atoms with E-state index in [1.54, 1.807) is 0 Å². The van der Waals surface area contributed by atoms with Gasteiger partial charge in [-0.15, -0.1) is 0 Å². The first-order valence-electron chi connectivity index (χ1n) is 6.74. The lowest BCUT2D eigenvalue weighted by Gasteiger charge is -2.10. The van der Waals surface area contributed by atoms with Crippen molar-refractivity contribution in [2.75, 3.05) is 13.1 Å². The van der Waals surface area contributed by atoms with Crippen molar-refractivity contribution >= 4 is 5.96 Å². The highest BCUT2D eigenvalue weighted by molar-refractivity contribution is 5.80. The molecule has 1 aromatic heterocycles. The Labute approximate surface area is 109 Å². The highest BCUT2D eigenvalue weighted by Gasteiger charge is 2.33. The summed E-state index contributed by atoms with van der Waals surface area (Å²) < 4.78 is 0. The summed E-state index contributed by atoms with van der Waals surface area (Å²) >= 11 is 0. The van der Waals surface area contributed by atoms with E-state index in [4.69, 9.17) is 0 Å². The molecule has 18 heavy (non-hydrogen) atoms. The molecule has 2 atom stereocenters. The van der Waals surface area contributed by atoms with Crippen LogP contribution in [0, 0.1) is 5.92 Å². The largest absolute Gasteiger partial charge is 0.357 e. The molecule has 1 saturated carbocycles. The quantitative estimate of drug-likeness (QED) is 0.613. The van der Waals surface area contributed by atoms with Gasteiger partial charge in [-0.3, -0.25) is 9.98 Å². The van der Waals surface area contributed by atoms with E-state index in [-0.39, 0.29) is 0 Å². The standard InChI is InChI=1S/C14H22N4/c1-3-15-14(18-13-10-11(13)2)17-9-7-12-6-4-5-8-16-12/h4-6,8,11,13H,3,7,9-10H2,1-2H3,(H2,15,17,18). The van der Waals surface area contributed by atoms with E-state index < -0.39 is 0 Å². The van der Waals surface area contributed by atoms with Gasteiger partial charge < -0.3 is 10.6 Å². The van der Waals surface area contributed by atoms with Gasteiger partial charge in [-0.05, 0) is 31.4 Å². The molecule has 0 amide bonds. The van der Waals surface area contributed by atoms with Gasteiger partial charge in [0, 0.05) is 37.4 Å². The average molecular weight is 246 g/mol. The van der Waals surface area contributed by atoms with Crippen molar-refractivity contribution in [3.05, 3.63) is 30.1 Å². The summed E-state index contributed by atoms with van der Waals surface area (Å²) in [4.78, 5) is 8.87. The van der Waals surface area contributed by atoms with Crippen LogP contribution in [0.25, 0.3) is 0 Å². The molecular weight excluding hydrogens is 224 g/mol. The first kappa shape index (κ1) is 12.9. The number of nitrogens with one attached hydrogen (secondary N) is 2. The molecule has 4 nitrogen and oxygen atoms in total. The molecule has 4 heteroatoms. The highest BCUT2D eigenvalue weighted by atomic mass is 15.2. The average Bonchev–Trinajstić information content (AvgIpc) is 3.06. The maximum Gasteiger partial charge on any atom is 0.191 e. The lowest BCUT2D eigenvalue weighted by Crippen LogP contribution is -2.39. The molecule has 1 aliphatic carbocycles. The minimum Gasteiger partial charge on any atom is -0.357 e. The SMILES string of the molecule is CCNC(=NCCc1ccccn1)NC1CC1C. The van der Waals surface area contributed by atoms with Crippen LogP contribution < -0.4 is 10.6 Å². The number of hydrogen-bond acceptors (Lipinski definition) is 2. The first-order valence-corrected chi connectivity index (χ1v) is 6.74. The third kappa shape index (κ3) is 4.02. The van der Waals surface area contributed by atoms with Crippen LogP contribution in [0.15, 0.2) is 29.4 Å². The van der Waals surface area contributed by atoms with Gasteiger partial charge in [-0.25, -0.2) is 0 Å². The van der Waals surface area contributed by atoms with Crippen LogP contribution in [0.2, 0.25) is 0 Å². The molecule has 0 radical (unpaired) electrons. The Hall–Kier alpha value is -1.58. The lowest BCUT2D eigenvalue weighted by atomic mass is 10.3. The Bertz CT molecular complexity index is 388. The molecule has 0 aromatic carbocycles. The Balaban J connectivity index is 1.80. The molecule has 0 bridgehead atoms. The zero-order valence-corrected chi connectivity index (χ0v) is 11.2. The molecule has 2 N–H and O–H groups in total. The first-order chi connectivity index (χ1) is 8.79. The Morgan fingerprint density at radius 2 is 2.33 bits per heavy atom. The number of rotatable bonds is 5. The van der Waals surface area contributed by atoms with Gasteiger partial charge in [-0.2, -0.15) is 0 Å². The summed E-state index contributed by atoms with van der Waals surface area (Å²) in [6, 6.07) is 6.60. The molecule has 1 aliphatic rings. The summed E-state index contributed by atoms with van der Waals surface area (Å²) in [6.45, 7) is 6.02. The smallest absolute Gasteiger partial charge is 0.191 e. The van der Waals surface area contributed by atoms with Gasteiger partial charge in [0.2, 0.25) is 0 Å². The van der Waals surface area contributed by atoms with Gasteiger partial charge in [0.05, 0.1) is 0 Å². The predicted molar refractivity (Wildman–Crippen MR) is 74.6 cm³/mol. The van der Waals surface area contributed by atoms with Gasteiger partial charge in [0.15, 0.2) is 5.96 Å². The second kappa shape index (κ2) is 6.38. The van der Waals surface area contributed by atoms with Crippen LogP contribution in [0.5, 0.6) is 0 Å². The van der Waals surface area contributed by atoms with Crippen LogP contribution in [-0.4, -0.2) is 30.1 Å². The number of aromatic nitrogens is 1. The van der Waals surface area contributed by atoms with Crippen molar-refractivity contribution in [3.63, 3.8) is 0 Å². The Morgan fingerprint density at radius 3 is 2.94 bits per heavy atom. The molecule has 0 aliphatic heterocycles. The minimum absolute atomic E-state index is 0.609. The van der Waals surface area contributed by atoms with Crippen molar-refractivity contribution in [1.82, 2.24) is 15.6 Å². The monoisotopic (exact) mass is 246 g/mol. The predicted octanol–water partition coefficient (Wildman–Crippen LogP) is 1.59. The van der Waals surface area contributed by atoms with E-state index in [0.29, 0.717) is 6.04 Å². The van der Waals surface area contributed by atoms with Crippen LogP contribution >= 0.6 is 0 Å². The third-order valence-corrected chi connectivity index (χ3v) is 3.14. The van der Waals surface area contributed by atoms with Crippen molar-refractivity contribution in [2.24, 2.45) is 10.9 Å². The number of aliphatic imine (C=N–C) groups is 1. The van der Waals surface area contributed by atoms with Gasteiger partial charge >= 0.3 is 0 Å². The van der Waals surface area contributed by atoms with E-state index in [9.17, 15) is 0 Å². The molecule has 0 saturated heterocycles. The van der Waals surface area contributed by atoms with Crippen molar-refractivity contribution in [2.45, 2.75) is 32.7 Å². The fourth-order valence-corrected chi connectivity index (χ4v) is 1.85. The van der Waals surface area contributed by atoms with E-state index in [1.165, 1.54) is 6.42 Å². The Kier molecular flexibility index (Phi) is 4.56. The van der Waals surface area contributed by atoms with Crippen LogP contribution in [-0.2, 0) is 6.42 Å². The van der Waals surface area contributed by atoms with Crippen molar-refractivity contribution in [1.29, 1.82) is 0 Å². The molecule has 1 aromatic rings. The number of nitrogens with zero attached hydrogens (tertiary/aromatic N) is 2. The maximum absolute atomic E-state index is 4.58. The van der Waals surface area contributed by atoms with E-state index >= 15 is 0 Å². The zero-order chi connectivity index (χ0) is 12.8. The van der Waals surface area contributed by atoms with Crippen LogP contribution in [0.1, 0.15) is 26.0 Å². The minimum atomic E-state index is 0.609. The number of guanidine groups is 1. The second-order valence-electron chi connectivity index (χ2n) is 4.80. The molecule has 98 valence electrons. The normalized spacial score (nSPS) is 22.7. The fourth-order valence-electron chi connectivity index (χ4n) is 1.85. The van der Waals surface area contributed by atoms with E-state index in [2.05, 4.69) is 34.5 Å². The number of pyridine rings is 1. The van der Waals surface area contributed by atoms with E-state index in [1.807, 2.05) is 24.4 Å². The van der Waals surface area contributed by atoms with E-state index in [0.717, 1.165) is 37.1 Å². The van der Waals surface area contributed by atoms with Gasteiger partial charge in [0.25, 0.3) is 0 Å². The molecule has 2 unspecified atom stereocenters. The highest BCUT2D eigenvalue weighted by Crippen LogP contribution is 2.28. The third-order valence-electron chi connectivity index (χ3n) is 3.14. The van der Waals surface area contributed by atoms with Crippen molar-refractivity contribution < 1.29 is 0 Å². The maximum atomic E-state index is 4.58. The topological polar surface area (TPSA) is 49.3 Å². The van der Waals surface area contributed by atoms with Gasteiger partial charge in [0.1, 0.15) is 0 Å². The van der Waals surface area contributed by atoms with Gasteiger partial charge in [-0.1, -0.05) is 13.0 Å². The summed E-state index contributed by atoms with van der Waals surface area (Å²) in [5.41, 5.74) is 1.09. The summed E-state index contributed by atoms with van der Waals surface area (Å²) in [5, 5.41) is 6.73. The molecule has 1 heterocycles. The lowest BCUT2D eigenvalue weighted by molar-refractivity contribution is 0.763. The zero-order valence-electron chi connectivity index (χ0n) is 11.2. The summed E-state index contributed by atoms with van der Waals surface area (Å²) in [5.74, 6) is 1.72. The molecule has 0 spiro atoms. The molecular formula is C14H22N4. The molecule has 2 rings (SSSR count).